The molecular weight excluding hydrogens is 552 g/mol. The van der Waals surface area contributed by atoms with Crippen LogP contribution >= 0.6 is 0 Å². The third-order valence-electron chi connectivity index (χ3n) is 7.68. The molecule has 42 heavy (non-hydrogen) atoms. The van der Waals surface area contributed by atoms with Gasteiger partial charge in [0.15, 0.2) is 34.9 Å². The highest BCUT2D eigenvalue weighted by molar-refractivity contribution is 5.64. The molecule has 2 heterocycles. The molecule has 12 heteroatoms. The van der Waals surface area contributed by atoms with Gasteiger partial charge < -0.3 is 60.5 Å². The third kappa shape index (κ3) is 4.24. The lowest BCUT2D eigenvalue weighted by Crippen LogP contribution is -2.36. The molecule has 2 aliphatic rings. The summed E-state index contributed by atoms with van der Waals surface area (Å²) in [6.45, 7) is 0. The number of fused-ring (bicyclic) bond motifs is 2. The van der Waals surface area contributed by atoms with E-state index in [0.717, 1.165) is 18.2 Å². The number of hydrogen-bond donors (Lipinski definition) is 10. The fourth-order valence-electron chi connectivity index (χ4n) is 5.68. The predicted octanol–water partition coefficient (Wildman–Crippen LogP) is 3.00. The molecule has 0 spiro atoms. The van der Waals surface area contributed by atoms with Gasteiger partial charge in [0.05, 0.1) is 6.10 Å². The highest BCUT2D eigenvalue weighted by Gasteiger charge is 2.45. The largest absolute Gasteiger partial charge is 0.508 e. The van der Waals surface area contributed by atoms with Crippen molar-refractivity contribution in [2.24, 2.45) is 0 Å². The Labute approximate surface area is 237 Å². The zero-order valence-electron chi connectivity index (χ0n) is 21.6. The summed E-state index contributed by atoms with van der Waals surface area (Å²) in [5.41, 5.74) is 0.770. The Morgan fingerprint density at radius 3 is 1.98 bits per heavy atom. The molecule has 0 aliphatic carbocycles. The lowest BCUT2D eigenvalue weighted by Gasteiger charge is -2.40. The van der Waals surface area contributed by atoms with Crippen molar-refractivity contribution in [3.63, 3.8) is 0 Å². The number of rotatable bonds is 3. The Morgan fingerprint density at radius 1 is 0.595 bits per heavy atom. The van der Waals surface area contributed by atoms with Crippen LogP contribution in [0.15, 0.2) is 54.6 Å². The fourth-order valence-corrected chi connectivity index (χ4v) is 5.68. The van der Waals surface area contributed by atoms with E-state index in [1.807, 2.05) is 0 Å². The Balaban J connectivity index is 1.53. The molecule has 0 saturated heterocycles. The van der Waals surface area contributed by atoms with Crippen LogP contribution in [0.5, 0.6) is 57.5 Å². The number of ether oxygens (including phenoxy) is 2. The minimum absolute atomic E-state index is 0.00247. The SMILES string of the molecule is Oc1ccc2c(c1)O[C@H](c1cc(O)c(O)c(O)c1)[C@H](O)[C@H]2c1c(O)cc(O)c2c1O[C@H](c1ccc(O)c(O)c1)[C@@H](O)C2. The van der Waals surface area contributed by atoms with E-state index < -0.39 is 59.1 Å². The maximum absolute atomic E-state index is 11.7. The van der Waals surface area contributed by atoms with Gasteiger partial charge in [0.2, 0.25) is 0 Å². The molecular formula is C30H26O12. The zero-order chi connectivity index (χ0) is 30.0. The average Bonchev–Trinajstić information content (AvgIpc) is 2.94. The first-order valence-electron chi connectivity index (χ1n) is 12.8. The molecule has 0 saturated carbocycles. The lowest BCUT2D eigenvalue weighted by atomic mass is 9.77. The molecule has 0 unspecified atom stereocenters. The molecule has 0 fully saturated rings. The van der Waals surface area contributed by atoms with Crippen LogP contribution in [-0.4, -0.2) is 63.3 Å². The molecule has 4 aromatic rings. The highest BCUT2D eigenvalue weighted by Crippen LogP contribution is 2.55. The third-order valence-corrected chi connectivity index (χ3v) is 7.68. The van der Waals surface area contributed by atoms with Crippen molar-refractivity contribution in [2.45, 2.75) is 36.8 Å². The number of aliphatic hydroxyl groups excluding tert-OH is 2. The summed E-state index contributed by atoms with van der Waals surface area (Å²) in [7, 11) is 0. The summed E-state index contributed by atoms with van der Waals surface area (Å²) >= 11 is 0. The van der Waals surface area contributed by atoms with Gasteiger partial charge in [-0.3, -0.25) is 0 Å². The van der Waals surface area contributed by atoms with Crippen LogP contribution < -0.4 is 9.47 Å². The quantitative estimate of drug-likeness (QED) is 0.159. The second kappa shape index (κ2) is 9.72. The summed E-state index contributed by atoms with van der Waals surface area (Å²) in [5.74, 6) is -5.14. The van der Waals surface area contributed by atoms with Crippen molar-refractivity contribution in [2.75, 3.05) is 0 Å². The van der Waals surface area contributed by atoms with Gasteiger partial charge in [-0.25, -0.2) is 0 Å². The summed E-state index contributed by atoms with van der Waals surface area (Å²) in [4.78, 5) is 0. The van der Waals surface area contributed by atoms with E-state index in [1.54, 1.807) is 0 Å². The number of hydrogen-bond acceptors (Lipinski definition) is 12. The number of aliphatic hydroxyl groups is 2. The van der Waals surface area contributed by atoms with Crippen molar-refractivity contribution in [3.8, 4) is 57.5 Å². The van der Waals surface area contributed by atoms with E-state index in [-0.39, 0.29) is 57.4 Å². The van der Waals surface area contributed by atoms with E-state index in [1.165, 1.54) is 36.4 Å². The molecule has 0 amide bonds. The summed E-state index contributed by atoms with van der Waals surface area (Å²) in [6, 6.07) is 11.2. The molecule has 10 N–H and O–H groups in total. The predicted molar refractivity (Wildman–Crippen MR) is 143 cm³/mol. The van der Waals surface area contributed by atoms with Crippen molar-refractivity contribution in [1.29, 1.82) is 0 Å². The minimum atomic E-state index is -1.54. The molecule has 0 radical (unpaired) electrons. The summed E-state index contributed by atoms with van der Waals surface area (Å²) in [6.07, 6.45) is -5.35. The van der Waals surface area contributed by atoms with Crippen molar-refractivity contribution < 1.29 is 60.5 Å². The molecule has 12 nitrogen and oxygen atoms in total. The van der Waals surface area contributed by atoms with Gasteiger partial charge >= 0.3 is 0 Å². The van der Waals surface area contributed by atoms with E-state index in [2.05, 4.69) is 0 Å². The van der Waals surface area contributed by atoms with E-state index in [4.69, 9.17) is 9.47 Å². The molecule has 0 bridgehead atoms. The molecule has 2 aliphatic heterocycles. The number of benzene rings is 4. The molecule has 4 aromatic carbocycles. The molecule has 218 valence electrons. The molecule has 5 atom stereocenters. The van der Waals surface area contributed by atoms with Gasteiger partial charge in [-0.2, -0.15) is 0 Å². The second-order valence-electron chi connectivity index (χ2n) is 10.3. The van der Waals surface area contributed by atoms with Gasteiger partial charge in [0.1, 0.15) is 41.0 Å². The maximum atomic E-state index is 11.7. The Bertz CT molecular complexity index is 1690. The van der Waals surface area contributed by atoms with E-state index in [9.17, 15) is 51.1 Å². The van der Waals surface area contributed by atoms with Crippen LogP contribution in [0.1, 0.15) is 45.9 Å². The van der Waals surface area contributed by atoms with Crippen molar-refractivity contribution in [3.05, 3.63) is 82.4 Å². The van der Waals surface area contributed by atoms with Crippen LogP contribution in [-0.2, 0) is 6.42 Å². The smallest absolute Gasteiger partial charge is 0.200 e. The van der Waals surface area contributed by atoms with Gasteiger partial charge in [-0.1, -0.05) is 12.1 Å². The first kappa shape index (κ1) is 27.0. The zero-order valence-corrected chi connectivity index (χ0v) is 21.6. The normalized spacial score (nSPS) is 22.9. The topological polar surface area (TPSA) is 221 Å². The van der Waals surface area contributed by atoms with Crippen LogP contribution in [0.2, 0.25) is 0 Å². The van der Waals surface area contributed by atoms with E-state index >= 15 is 0 Å². The first-order chi connectivity index (χ1) is 19.9. The Morgan fingerprint density at radius 2 is 1.29 bits per heavy atom. The number of phenols is 8. The number of phenolic OH excluding ortho intramolecular Hbond substituents is 8. The van der Waals surface area contributed by atoms with Gasteiger partial charge in [0, 0.05) is 46.7 Å². The van der Waals surface area contributed by atoms with Crippen LogP contribution in [0.4, 0.5) is 0 Å². The Hall–Kier alpha value is -5.20. The average molecular weight is 579 g/mol. The highest BCUT2D eigenvalue weighted by atomic mass is 16.5. The lowest BCUT2D eigenvalue weighted by molar-refractivity contribution is 0.00179. The van der Waals surface area contributed by atoms with Crippen molar-refractivity contribution in [1.82, 2.24) is 0 Å². The molecule has 0 aromatic heterocycles. The monoisotopic (exact) mass is 578 g/mol. The van der Waals surface area contributed by atoms with Gasteiger partial charge in [-0.15, -0.1) is 0 Å². The summed E-state index contributed by atoms with van der Waals surface area (Å²) < 4.78 is 12.2. The minimum Gasteiger partial charge on any atom is -0.508 e. The van der Waals surface area contributed by atoms with Crippen LogP contribution in [0.3, 0.4) is 0 Å². The van der Waals surface area contributed by atoms with Crippen LogP contribution in [0, 0.1) is 0 Å². The van der Waals surface area contributed by atoms with Gasteiger partial charge in [0.25, 0.3) is 0 Å². The summed E-state index contributed by atoms with van der Waals surface area (Å²) in [5, 5.41) is 105. The number of aromatic hydroxyl groups is 8. The molecule has 6 rings (SSSR count). The second-order valence-corrected chi connectivity index (χ2v) is 10.3. The fraction of sp³-hybridized carbons (Fsp3) is 0.200. The van der Waals surface area contributed by atoms with E-state index in [0.29, 0.717) is 5.56 Å². The Kier molecular flexibility index (Phi) is 6.24. The van der Waals surface area contributed by atoms with Crippen LogP contribution in [0.25, 0.3) is 0 Å². The van der Waals surface area contributed by atoms with Crippen molar-refractivity contribution >= 4 is 0 Å². The standard InChI is InChI=1S/C30H26O12/c31-13-2-3-14-23(8-13)41-29(12-6-20(36)26(39)21(37)7-12)27(40)24(14)25-19(35)10-17(33)15-9-22(38)28(42-30(15)25)11-1-4-16(32)18(34)5-11/h1-8,10,22,24,27-29,31-40H,9H2/t22-,24+,27+,28+,29+/m0/s1. The maximum Gasteiger partial charge on any atom is 0.200 e. The van der Waals surface area contributed by atoms with Gasteiger partial charge in [-0.05, 0) is 35.9 Å². The first-order valence-corrected chi connectivity index (χ1v) is 12.8.